The Kier molecular flexibility index (Phi) is 21.3. The van der Waals surface area contributed by atoms with Gasteiger partial charge in [0.15, 0.2) is 38.4 Å². The molecule has 2 amide bonds. The number of para-hydroxylation sites is 1. The molecule has 23 nitrogen and oxygen atoms in total. The number of rotatable bonds is 18. The fraction of sp³-hybridized carbons (Fsp3) is 0.169. The van der Waals surface area contributed by atoms with Crippen LogP contribution in [0.4, 0.5) is 15.4 Å². The summed E-state index contributed by atoms with van der Waals surface area (Å²) >= 11 is 4.27. The van der Waals surface area contributed by atoms with Crippen LogP contribution < -0.4 is 62.6 Å². The number of amides is 2. The van der Waals surface area contributed by atoms with Crippen LogP contribution in [0.3, 0.4) is 0 Å². The zero-order valence-corrected chi connectivity index (χ0v) is 50.5. The van der Waals surface area contributed by atoms with E-state index in [0.717, 1.165) is 63.7 Å². The molecule has 438 valence electrons. The number of amidine groups is 2. The van der Waals surface area contributed by atoms with E-state index in [4.69, 9.17) is 46.6 Å². The summed E-state index contributed by atoms with van der Waals surface area (Å²) in [5.41, 5.74) is 31.3. The van der Waals surface area contributed by atoms with Gasteiger partial charge >= 0.3 is 0 Å². The number of anilines is 3. The largest absolute Gasteiger partial charge is 0.494 e. The van der Waals surface area contributed by atoms with Gasteiger partial charge in [-0.15, -0.1) is 15.3 Å². The molecule has 11 N–H and O–H groups in total. The first-order chi connectivity index (χ1) is 40.8. The van der Waals surface area contributed by atoms with E-state index in [2.05, 4.69) is 68.1 Å². The molecule has 3 heterocycles. The van der Waals surface area contributed by atoms with Crippen molar-refractivity contribution in [2.75, 3.05) is 51.5 Å². The van der Waals surface area contributed by atoms with Crippen LogP contribution in [0.25, 0.3) is 36.3 Å². The first-order valence-corrected chi connectivity index (χ1v) is 28.0. The van der Waals surface area contributed by atoms with Crippen LogP contribution in [0, 0.1) is 0 Å². The molecule has 0 aliphatic rings. The number of hydrogen-bond donors (Lipinski definition) is 7. The van der Waals surface area contributed by atoms with Crippen LogP contribution in [-0.2, 0) is 0 Å². The zero-order valence-electron chi connectivity index (χ0n) is 48.1. The average molecular weight is 1200 g/mol. The van der Waals surface area contributed by atoms with Crippen LogP contribution in [0.1, 0.15) is 77.6 Å². The van der Waals surface area contributed by atoms with E-state index >= 15 is 0 Å². The molecule has 6 aromatic carbocycles. The Balaban J connectivity index is 0.000000183. The number of benzene rings is 6. The maximum Gasteiger partial charge on any atom is 0.257 e. The second-order valence-corrected chi connectivity index (χ2v) is 21.1. The Morgan fingerprint density at radius 2 is 0.776 bits per heavy atom. The second-order valence-electron chi connectivity index (χ2n) is 18.0. The second kappa shape index (κ2) is 29.1. The third-order valence-electron chi connectivity index (χ3n) is 11.9. The van der Waals surface area contributed by atoms with Gasteiger partial charge in [-0.2, -0.15) is 15.3 Å². The van der Waals surface area contributed by atoms with E-state index in [1.807, 2.05) is 106 Å². The number of nitrogens with two attached hydrogens (primary N) is 4. The number of carbonyl (C=O) groups excluding carboxylic acids is 2. The number of guanidine groups is 1. The first-order valence-electron chi connectivity index (χ1n) is 25.5. The molecule has 0 bridgehead atoms. The fourth-order valence-electron chi connectivity index (χ4n) is 7.55. The van der Waals surface area contributed by atoms with Crippen molar-refractivity contribution in [3.05, 3.63) is 155 Å². The number of thiazole rings is 3. The van der Waals surface area contributed by atoms with E-state index < -0.39 is 0 Å². The SMILES string of the molecule is C=C(Nc1nc2cc(OC)c(OC)cc2s1)c1ccc(/C(C)=N\N=C(N)N)cc1.COc1cc2nc(NC(=O)c3ccc(/C(C)=N/N=C(C)N)cc3)sc2cc1OC.COc1cccc2sc(NC(=O)c3ccc(/C(C)=N/N=C(C)N)cc3)nc12. The van der Waals surface area contributed by atoms with Gasteiger partial charge in [-0.25, -0.2) is 15.0 Å². The van der Waals surface area contributed by atoms with Gasteiger partial charge in [0.05, 0.1) is 77.8 Å². The monoisotopic (exact) mass is 1200 g/mol. The Bertz CT molecular complexity index is 3800. The van der Waals surface area contributed by atoms with Crippen molar-refractivity contribution in [2.24, 2.45) is 53.5 Å². The number of nitrogens with zero attached hydrogens (tertiary/aromatic N) is 9. The zero-order chi connectivity index (χ0) is 61.3. The van der Waals surface area contributed by atoms with E-state index in [1.165, 1.54) is 34.0 Å². The van der Waals surface area contributed by atoms with Crippen LogP contribution in [0.5, 0.6) is 28.7 Å². The van der Waals surface area contributed by atoms with Crippen LogP contribution in [-0.4, -0.2) is 97.1 Å². The molecule has 85 heavy (non-hydrogen) atoms. The summed E-state index contributed by atoms with van der Waals surface area (Å²) in [4.78, 5) is 38.6. The molecule has 0 aliphatic heterocycles. The molecule has 0 unspecified atom stereocenters. The van der Waals surface area contributed by atoms with Gasteiger partial charge in [0.1, 0.15) is 22.9 Å². The van der Waals surface area contributed by atoms with Crippen molar-refractivity contribution in [2.45, 2.75) is 34.6 Å². The Morgan fingerprint density at radius 3 is 1.18 bits per heavy atom. The third-order valence-corrected chi connectivity index (χ3v) is 14.7. The number of hydrogen-bond acceptors (Lipinski definition) is 20. The molecule has 0 aliphatic carbocycles. The Morgan fingerprint density at radius 1 is 0.424 bits per heavy atom. The Labute approximate surface area is 501 Å². The number of aromatic nitrogens is 3. The van der Waals surface area contributed by atoms with E-state index in [0.29, 0.717) is 78.9 Å². The normalized spacial score (nSPS) is 11.9. The number of methoxy groups -OCH3 is 5. The van der Waals surface area contributed by atoms with E-state index in [-0.39, 0.29) is 17.8 Å². The summed E-state index contributed by atoms with van der Waals surface area (Å²) in [7, 11) is 7.95. The standard InChI is InChI=1S/C20H22N6O2S.C20H21N5O3S.C19H19N5O2S/c1-11(13-5-7-14(8-6-13)12(2)25-26-19(21)22)23-20-24-15-9-16(27-3)17(28-4)10-18(15)29-20;1-11(24-25-12(2)21)13-5-7-14(8-6-13)19(26)23-20-22-15-9-16(27-3)17(28-4)10-18(15)29-20;1-11(23-24-12(2)20)13-7-9-14(10-8-13)18(25)22-19-21-17-15(26-3)5-4-6-16(17)27-19/h5-10H,1H2,2-4H3,(H,23,24)(H4,21,22,26);5-10H,1-4H3,(H2,21,25)(H,22,23,26);4-10H,1-3H3,(H2,20,24)(H,21,22,25)/b25-12-;24-11+;23-11+. The topological polar surface area (TPSA) is 333 Å². The summed E-state index contributed by atoms with van der Waals surface area (Å²) in [5.74, 6) is 3.40. The molecule has 0 saturated carbocycles. The molecule has 0 radical (unpaired) electrons. The first kappa shape index (κ1) is 62.3. The van der Waals surface area contributed by atoms with Crippen molar-refractivity contribution < 1.29 is 33.3 Å². The van der Waals surface area contributed by atoms with Crippen molar-refractivity contribution in [3.8, 4) is 28.7 Å². The summed E-state index contributed by atoms with van der Waals surface area (Å²) in [5, 5.41) is 34.1. The Hall–Kier alpha value is -10.3. The summed E-state index contributed by atoms with van der Waals surface area (Å²) in [6, 6.07) is 35.0. The molecule has 0 atom stereocenters. The van der Waals surface area contributed by atoms with Crippen LogP contribution >= 0.6 is 34.0 Å². The number of carbonyl (C=O) groups is 2. The van der Waals surface area contributed by atoms with Gasteiger partial charge in [0.2, 0.25) is 5.96 Å². The predicted molar refractivity (Wildman–Crippen MR) is 347 cm³/mol. The quantitative estimate of drug-likeness (QED) is 0.0239. The molecule has 9 aromatic rings. The summed E-state index contributed by atoms with van der Waals surface area (Å²) in [6.45, 7) is 12.9. The highest BCUT2D eigenvalue weighted by Gasteiger charge is 2.17. The molecule has 0 spiro atoms. The lowest BCUT2D eigenvalue weighted by atomic mass is 10.1. The van der Waals surface area contributed by atoms with Gasteiger partial charge in [0, 0.05) is 41.1 Å². The van der Waals surface area contributed by atoms with Gasteiger partial charge < -0.3 is 51.9 Å². The van der Waals surface area contributed by atoms with Gasteiger partial charge in [-0.3, -0.25) is 20.2 Å². The van der Waals surface area contributed by atoms with Gasteiger partial charge in [-0.05, 0) is 93.3 Å². The molecule has 9 rings (SSSR count). The lowest BCUT2D eigenvalue weighted by molar-refractivity contribution is 0.101. The van der Waals surface area contributed by atoms with E-state index in [9.17, 15) is 9.59 Å². The molecular formula is C59H62N16O7S3. The minimum Gasteiger partial charge on any atom is -0.494 e. The lowest BCUT2D eigenvalue weighted by Crippen LogP contribution is -2.22. The molecule has 0 fully saturated rings. The highest BCUT2D eigenvalue weighted by atomic mass is 32.1. The number of fused-ring (bicyclic) bond motifs is 3. The van der Waals surface area contributed by atoms with Crippen LogP contribution in [0.15, 0.2) is 152 Å². The predicted octanol–water partition coefficient (Wildman–Crippen LogP) is 10.7. The minimum atomic E-state index is -0.250. The third kappa shape index (κ3) is 16.7. The minimum absolute atomic E-state index is 0.0791. The lowest BCUT2D eigenvalue weighted by Gasteiger charge is -2.08. The van der Waals surface area contributed by atoms with Crippen molar-refractivity contribution in [3.63, 3.8) is 0 Å². The smallest absolute Gasteiger partial charge is 0.257 e. The fourth-order valence-corrected chi connectivity index (χ4v) is 10.2. The highest BCUT2D eigenvalue weighted by Crippen LogP contribution is 2.38. The maximum absolute atomic E-state index is 12.6. The molecular weight excluding hydrogens is 1140 g/mol. The average Bonchev–Trinajstić information content (AvgIpc) is 4.37. The molecule has 3 aromatic heterocycles. The van der Waals surface area contributed by atoms with Crippen molar-refractivity contribution >= 4 is 132 Å². The van der Waals surface area contributed by atoms with E-state index in [1.54, 1.807) is 79.7 Å². The van der Waals surface area contributed by atoms with Gasteiger partial charge in [0.25, 0.3) is 11.8 Å². The van der Waals surface area contributed by atoms with Crippen LogP contribution in [0.2, 0.25) is 0 Å². The number of nitrogens with one attached hydrogen (secondary N) is 3. The van der Waals surface area contributed by atoms with Crippen molar-refractivity contribution in [1.29, 1.82) is 0 Å². The molecule has 26 heteroatoms. The summed E-state index contributed by atoms with van der Waals surface area (Å²) in [6.07, 6.45) is 0. The van der Waals surface area contributed by atoms with Gasteiger partial charge in [-0.1, -0.05) is 95.2 Å². The van der Waals surface area contributed by atoms with Crippen molar-refractivity contribution in [1.82, 2.24) is 15.0 Å². The molecule has 0 saturated heterocycles. The maximum atomic E-state index is 12.6. The summed E-state index contributed by atoms with van der Waals surface area (Å²) < 4.78 is 29.4. The highest BCUT2D eigenvalue weighted by molar-refractivity contribution is 7.23. The number of ether oxygens (including phenoxy) is 5.